The van der Waals surface area contributed by atoms with Gasteiger partial charge in [0.1, 0.15) is 23.3 Å². The Balaban J connectivity index is 1.65. The number of anilines is 2. The van der Waals surface area contributed by atoms with Crippen LogP contribution in [0.4, 0.5) is 11.4 Å². The van der Waals surface area contributed by atoms with Crippen LogP contribution >= 0.6 is 0 Å². The number of nitrogens with zero attached hydrogens (tertiary/aromatic N) is 1. The van der Waals surface area contributed by atoms with Gasteiger partial charge in [0.15, 0.2) is 5.78 Å². The summed E-state index contributed by atoms with van der Waals surface area (Å²) in [5.41, 5.74) is 0.151. The number of hydrogen-bond donors (Lipinski definition) is 2. The highest BCUT2D eigenvalue weighted by atomic mass is 16.5. The van der Waals surface area contributed by atoms with Crippen molar-refractivity contribution in [1.29, 1.82) is 0 Å². The molecule has 0 radical (unpaired) electrons. The number of aliphatic hydroxyl groups is 1. The highest BCUT2D eigenvalue weighted by Crippen LogP contribution is 2.48. The molecule has 3 aromatic carbocycles. The first-order chi connectivity index (χ1) is 15.5. The van der Waals surface area contributed by atoms with Crippen molar-refractivity contribution in [2.75, 3.05) is 17.3 Å². The predicted octanol–water partition coefficient (Wildman–Crippen LogP) is 2.75. The van der Waals surface area contributed by atoms with Gasteiger partial charge in [-0.25, -0.2) is 4.90 Å². The number of aliphatic hydroxyl groups excluding tert-OH is 1. The summed E-state index contributed by atoms with van der Waals surface area (Å²) in [6.07, 6.45) is -1.70. The van der Waals surface area contributed by atoms with Crippen LogP contribution in [0.5, 0.6) is 5.75 Å². The fraction of sp³-hybridized carbons (Fsp3) is 0.160. The van der Waals surface area contributed by atoms with Gasteiger partial charge in [0.2, 0.25) is 5.91 Å². The van der Waals surface area contributed by atoms with Crippen LogP contribution in [0.15, 0.2) is 78.9 Å². The fourth-order valence-corrected chi connectivity index (χ4v) is 4.64. The van der Waals surface area contributed by atoms with Gasteiger partial charge in [-0.1, -0.05) is 42.5 Å². The molecule has 0 spiro atoms. The van der Waals surface area contributed by atoms with E-state index in [1.165, 1.54) is 7.11 Å². The third-order valence-electron chi connectivity index (χ3n) is 6.16. The Bertz CT molecular complexity index is 1220. The molecule has 2 N–H and O–H groups in total. The van der Waals surface area contributed by atoms with Gasteiger partial charge >= 0.3 is 0 Å². The number of imide groups is 1. The first-order valence-corrected chi connectivity index (χ1v) is 10.2. The number of fused-ring (bicyclic) bond motifs is 1. The summed E-state index contributed by atoms with van der Waals surface area (Å²) in [4.78, 5) is 41.4. The van der Waals surface area contributed by atoms with Gasteiger partial charge in [0.05, 0.1) is 12.8 Å². The monoisotopic (exact) mass is 428 g/mol. The number of benzene rings is 3. The standard InChI is InChI=1S/C25H20N2O5/c1-32-17-13-11-16(12-14-17)27-23(30)20(21(28)24(27)31)25(15-7-3-2-4-8-15)22(29)18-9-5-6-10-19(18)26-25/h2-14,20-21,26,28H,1H3. The number of amides is 2. The number of methoxy groups -OCH3 is 1. The molecule has 0 saturated carbocycles. The molecule has 1 saturated heterocycles. The molecule has 0 bridgehead atoms. The number of carbonyl (C=O) groups is 3. The van der Waals surface area contributed by atoms with Gasteiger partial charge in [-0.05, 0) is 42.0 Å². The zero-order valence-electron chi connectivity index (χ0n) is 17.2. The molecule has 1 fully saturated rings. The Morgan fingerprint density at radius 1 is 0.875 bits per heavy atom. The zero-order valence-corrected chi connectivity index (χ0v) is 17.2. The number of ether oxygens (including phenoxy) is 1. The molecule has 5 rings (SSSR count). The number of para-hydroxylation sites is 1. The molecule has 2 amide bonds. The molecule has 32 heavy (non-hydrogen) atoms. The molecule has 3 atom stereocenters. The maximum absolute atomic E-state index is 13.8. The second-order valence-electron chi connectivity index (χ2n) is 7.81. The smallest absolute Gasteiger partial charge is 0.263 e. The molecule has 7 heteroatoms. The molecular weight excluding hydrogens is 408 g/mol. The molecule has 0 aromatic heterocycles. The lowest BCUT2D eigenvalue weighted by atomic mass is 9.73. The largest absolute Gasteiger partial charge is 0.497 e. The normalized spacial score (nSPS) is 24.4. The molecule has 7 nitrogen and oxygen atoms in total. The van der Waals surface area contributed by atoms with E-state index in [-0.39, 0.29) is 5.78 Å². The van der Waals surface area contributed by atoms with E-state index in [4.69, 9.17) is 4.74 Å². The SMILES string of the molecule is COc1ccc(N2C(=O)C(O)C(C3(c4ccccc4)Nc4ccccc4C3=O)C2=O)cc1. The van der Waals surface area contributed by atoms with E-state index < -0.39 is 29.4 Å². The zero-order chi connectivity index (χ0) is 22.5. The van der Waals surface area contributed by atoms with Crippen molar-refractivity contribution in [3.8, 4) is 5.75 Å². The van der Waals surface area contributed by atoms with Gasteiger partial charge in [0.25, 0.3) is 5.91 Å². The molecule has 2 aliphatic heterocycles. The lowest BCUT2D eigenvalue weighted by Crippen LogP contribution is -2.52. The quantitative estimate of drug-likeness (QED) is 0.621. The van der Waals surface area contributed by atoms with Gasteiger partial charge in [-0.2, -0.15) is 0 Å². The Hall–Kier alpha value is -3.97. The summed E-state index contributed by atoms with van der Waals surface area (Å²) in [5, 5.41) is 14.2. The lowest BCUT2D eigenvalue weighted by Gasteiger charge is -2.34. The van der Waals surface area contributed by atoms with E-state index in [0.717, 1.165) is 4.90 Å². The number of nitrogens with one attached hydrogen (secondary N) is 1. The lowest BCUT2D eigenvalue weighted by molar-refractivity contribution is -0.126. The Kier molecular flexibility index (Phi) is 4.56. The third-order valence-corrected chi connectivity index (χ3v) is 6.16. The molecule has 0 aliphatic carbocycles. The fourth-order valence-electron chi connectivity index (χ4n) is 4.64. The van der Waals surface area contributed by atoms with Crippen LogP contribution in [0.3, 0.4) is 0 Å². The maximum atomic E-state index is 13.8. The first-order valence-electron chi connectivity index (χ1n) is 10.2. The summed E-state index contributed by atoms with van der Waals surface area (Å²) in [5.74, 6) is -2.56. The van der Waals surface area contributed by atoms with Crippen molar-refractivity contribution < 1.29 is 24.2 Å². The summed E-state index contributed by atoms with van der Waals surface area (Å²) >= 11 is 0. The molecular formula is C25H20N2O5. The third kappa shape index (κ3) is 2.68. The van der Waals surface area contributed by atoms with Crippen molar-refractivity contribution >= 4 is 29.0 Å². The van der Waals surface area contributed by atoms with Crippen molar-refractivity contribution in [2.24, 2.45) is 5.92 Å². The minimum absolute atomic E-state index is 0.300. The summed E-state index contributed by atoms with van der Waals surface area (Å²) < 4.78 is 5.14. The van der Waals surface area contributed by atoms with Crippen molar-refractivity contribution in [3.63, 3.8) is 0 Å². The predicted molar refractivity (Wildman–Crippen MR) is 117 cm³/mol. The minimum atomic E-state index is -1.70. The number of rotatable bonds is 4. The van der Waals surface area contributed by atoms with Crippen LogP contribution in [0.25, 0.3) is 0 Å². The molecule has 3 aromatic rings. The van der Waals surface area contributed by atoms with Gasteiger partial charge in [-0.15, -0.1) is 0 Å². The summed E-state index contributed by atoms with van der Waals surface area (Å²) in [6, 6.07) is 22.1. The van der Waals surface area contributed by atoms with Crippen molar-refractivity contribution in [2.45, 2.75) is 11.6 Å². The van der Waals surface area contributed by atoms with E-state index in [1.54, 1.807) is 78.9 Å². The van der Waals surface area contributed by atoms with Crippen molar-refractivity contribution in [1.82, 2.24) is 0 Å². The Labute approximate surface area is 184 Å². The van der Waals surface area contributed by atoms with E-state index in [2.05, 4.69) is 5.32 Å². The molecule has 160 valence electrons. The number of carbonyl (C=O) groups excluding carboxylic acids is 3. The second kappa shape index (κ2) is 7.32. The summed E-state index contributed by atoms with van der Waals surface area (Å²) in [7, 11) is 1.51. The topological polar surface area (TPSA) is 95.9 Å². The minimum Gasteiger partial charge on any atom is -0.497 e. The van der Waals surface area contributed by atoms with Crippen LogP contribution in [0.2, 0.25) is 0 Å². The van der Waals surface area contributed by atoms with Crippen LogP contribution in [0.1, 0.15) is 15.9 Å². The van der Waals surface area contributed by atoms with Gasteiger partial charge < -0.3 is 15.2 Å². The highest BCUT2D eigenvalue weighted by molar-refractivity contribution is 6.27. The van der Waals surface area contributed by atoms with Crippen molar-refractivity contribution in [3.05, 3.63) is 90.0 Å². The molecule has 2 aliphatic rings. The molecule has 2 heterocycles. The highest BCUT2D eigenvalue weighted by Gasteiger charge is 2.63. The van der Waals surface area contributed by atoms with E-state index in [0.29, 0.717) is 28.3 Å². The first kappa shape index (κ1) is 20.0. The summed E-state index contributed by atoms with van der Waals surface area (Å²) in [6.45, 7) is 0. The molecule has 3 unspecified atom stereocenters. The van der Waals surface area contributed by atoms with Gasteiger partial charge in [0, 0.05) is 11.3 Å². The Morgan fingerprint density at radius 2 is 1.53 bits per heavy atom. The number of ketones is 1. The van der Waals surface area contributed by atoms with Crippen LogP contribution < -0.4 is 15.0 Å². The number of hydrogen-bond acceptors (Lipinski definition) is 6. The van der Waals surface area contributed by atoms with Crippen LogP contribution in [0, 0.1) is 5.92 Å². The van der Waals surface area contributed by atoms with Crippen LogP contribution in [-0.2, 0) is 15.1 Å². The van der Waals surface area contributed by atoms with E-state index in [9.17, 15) is 19.5 Å². The maximum Gasteiger partial charge on any atom is 0.263 e. The Morgan fingerprint density at radius 3 is 2.19 bits per heavy atom. The van der Waals surface area contributed by atoms with E-state index in [1.807, 2.05) is 0 Å². The second-order valence-corrected chi connectivity index (χ2v) is 7.81. The van der Waals surface area contributed by atoms with Crippen LogP contribution in [-0.4, -0.2) is 35.9 Å². The number of Topliss-reactive ketones (excluding diaryl/α,β-unsaturated/α-hetero) is 1. The average Bonchev–Trinajstić information content (AvgIpc) is 3.25. The van der Waals surface area contributed by atoms with Gasteiger partial charge in [-0.3, -0.25) is 14.4 Å². The average molecular weight is 428 g/mol. The van der Waals surface area contributed by atoms with E-state index >= 15 is 0 Å².